The smallest absolute Gasteiger partial charge is 0.227 e. The van der Waals surface area contributed by atoms with Gasteiger partial charge in [-0.3, -0.25) is 4.79 Å². The van der Waals surface area contributed by atoms with Crippen molar-refractivity contribution >= 4 is 11.6 Å². The van der Waals surface area contributed by atoms with Crippen LogP contribution in [0.25, 0.3) is 0 Å². The number of hydrogen-bond acceptors (Lipinski definition) is 3. The van der Waals surface area contributed by atoms with Crippen molar-refractivity contribution in [3.8, 4) is 0 Å². The summed E-state index contributed by atoms with van der Waals surface area (Å²) in [5.74, 6) is 0.931. The van der Waals surface area contributed by atoms with Crippen molar-refractivity contribution in [1.82, 2.24) is 9.97 Å². The largest absolute Gasteiger partial charge is 0.310 e. The summed E-state index contributed by atoms with van der Waals surface area (Å²) in [5.41, 5.74) is 0.826. The Balaban J connectivity index is 0.000000686. The topological polar surface area (TPSA) is 46.1 Å². The Morgan fingerprint density at radius 3 is 2.41 bits per heavy atom. The number of carbonyl (C=O) groups excluding carboxylic acids is 1. The molecule has 4 nitrogen and oxygen atoms in total. The molecule has 1 aliphatic heterocycles. The van der Waals surface area contributed by atoms with E-state index in [0.717, 1.165) is 37.3 Å². The summed E-state index contributed by atoms with van der Waals surface area (Å²) in [6.07, 6.45) is 7.31. The van der Waals surface area contributed by atoms with E-state index in [-0.39, 0.29) is 5.91 Å². The number of anilines is 1. The molecule has 0 bridgehead atoms. The highest BCUT2D eigenvalue weighted by atomic mass is 16.2. The van der Waals surface area contributed by atoms with Gasteiger partial charge in [-0.15, -0.1) is 0 Å². The van der Waals surface area contributed by atoms with Gasteiger partial charge in [-0.25, -0.2) is 9.97 Å². The van der Waals surface area contributed by atoms with E-state index in [0.29, 0.717) is 6.42 Å². The van der Waals surface area contributed by atoms with Crippen LogP contribution in [0.1, 0.15) is 45.4 Å². The fourth-order valence-corrected chi connectivity index (χ4v) is 1.78. The third-order valence-electron chi connectivity index (χ3n) is 2.65. The number of aryl methyl sites for hydroxylation is 1. The molecule has 1 aromatic rings. The molecule has 0 radical (unpaired) electrons. The molecule has 0 aromatic carbocycles. The first-order chi connectivity index (χ1) is 8.27. The van der Waals surface area contributed by atoms with Gasteiger partial charge in [0.05, 0.1) is 18.1 Å². The molecule has 17 heavy (non-hydrogen) atoms. The molecule has 1 amide bonds. The monoisotopic (exact) mass is 235 g/mol. The molecule has 2 rings (SSSR count). The fourth-order valence-electron chi connectivity index (χ4n) is 1.78. The van der Waals surface area contributed by atoms with Gasteiger partial charge in [0.15, 0.2) is 0 Å². The highest BCUT2D eigenvalue weighted by molar-refractivity contribution is 5.93. The van der Waals surface area contributed by atoms with Crippen LogP contribution in [0.15, 0.2) is 12.4 Å². The number of hydrogen-bond donors (Lipinski definition) is 0. The molecule has 0 atom stereocenters. The summed E-state index contributed by atoms with van der Waals surface area (Å²) in [6.45, 7) is 6.64. The molecular formula is C13H21N3O. The number of carbonyl (C=O) groups is 1. The van der Waals surface area contributed by atoms with Crippen molar-refractivity contribution in [2.75, 3.05) is 11.4 Å². The van der Waals surface area contributed by atoms with Crippen LogP contribution in [0.2, 0.25) is 0 Å². The zero-order valence-electron chi connectivity index (χ0n) is 10.9. The molecule has 1 saturated heterocycles. The molecule has 2 heterocycles. The van der Waals surface area contributed by atoms with Gasteiger partial charge in [0.1, 0.15) is 5.82 Å². The van der Waals surface area contributed by atoms with Crippen LogP contribution >= 0.6 is 0 Å². The average molecular weight is 235 g/mol. The minimum atomic E-state index is 0.194. The predicted octanol–water partition coefficient (Wildman–Crippen LogP) is 2.72. The Morgan fingerprint density at radius 1 is 1.12 bits per heavy atom. The zero-order chi connectivity index (χ0) is 12.7. The van der Waals surface area contributed by atoms with E-state index in [1.165, 1.54) is 0 Å². The molecule has 0 unspecified atom stereocenters. The summed E-state index contributed by atoms with van der Waals surface area (Å²) in [6, 6.07) is 0. The molecule has 1 aromatic heterocycles. The molecule has 1 fully saturated rings. The van der Waals surface area contributed by atoms with Crippen molar-refractivity contribution in [1.29, 1.82) is 0 Å². The first-order valence-electron chi connectivity index (χ1n) is 6.36. The van der Waals surface area contributed by atoms with Gasteiger partial charge in [-0.1, -0.05) is 20.3 Å². The fraction of sp³-hybridized carbons (Fsp3) is 0.615. The second kappa shape index (κ2) is 6.99. The van der Waals surface area contributed by atoms with E-state index in [1.807, 2.05) is 20.8 Å². The standard InChI is InChI=1S/C11H15N3O.C2H6/c1-9-12-7-10(8-13-9)14-6-4-2-3-5-11(14)15;1-2/h7-8H,2-6H2,1H3;1-2H3. The van der Waals surface area contributed by atoms with Crippen LogP contribution in [-0.2, 0) is 4.79 Å². The molecular weight excluding hydrogens is 214 g/mol. The van der Waals surface area contributed by atoms with Crippen LogP contribution in [0.5, 0.6) is 0 Å². The van der Waals surface area contributed by atoms with Crippen LogP contribution in [0, 0.1) is 6.92 Å². The maximum Gasteiger partial charge on any atom is 0.227 e. The molecule has 1 aliphatic rings. The van der Waals surface area contributed by atoms with E-state index in [2.05, 4.69) is 9.97 Å². The van der Waals surface area contributed by atoms with Gasteiger partial charge in [-0.05, 0) is 19.8 Å². The quantitative estimate of drug-likeness (QED) is 0.752. The lowest BCUT2D eigenvalue weighted by Crippen LogP contribution is -2.30. The summed E-state index contributed by atoms with van der Waals surface area (Å²) < 4.78 is 0. The van der Waals surface area contributed by atoms with Gasteiger partial charge in [0.25, 0.3) is 0 Å². The third kappa shape index (κ3) is 3.80. The summed E-state index contributed by atoms with van der Waals surface area (Å²) in [4.78, 5) is 21.8. The molecule has 0 saturated carbocycles. The Morgan fingerprint density at radius 2 is 1.76 bits per heavy atom. The Kier molecular flexibility index (Phi) is 5.60. The zero-order valence-corrected chi connectivity index (χ0v) is 10.9. The minimum Gasteiger partial charge on any atom is -0.310 e. The minimum absolute atomic E-state index is 0.194. The summed E-state index contributed by atoms with van der Waals surface area (Å²) in [5, 5.41) is 0. The Labute approximate surface area is 103 Å². The number of aromatic nitrogens is 2. The average Bonchev–Trinajstić information content (AvgIpc) is 2.58. The Bertz CT molecular complexity index is 348. The van der Waals surface area contributed by atoms with E-state index >= 15 is 0 Å². The van der Waals surface area contributed by atoms with Gasteiger partial charge in [0.2, 0.25) is 5.91 Å². The Hall–Kier alpha value is -1.45. The third-order valence-corrected chi connectivity index (χ3v) is 2.65. The molecule has 0 aliphatic carbocycles. The summed E-state index contributed by atoms with van der Waals surface area (Å²) in [7, 11) is 0. The highest BCUT2D eigenvalue weighted by Crippen LogP contribution is 2.18. The maximum atomic E-state index is 11.8. The second-order valence-electron chi connectivity index (χ2n) is 3.84. The van der Waals surface area contributed by atoms with E-state index in [1.54, 1.807) is 17.3 Å². The molecule has 0 N–H and O–H groups in total. The van der Waals surface area contributed by atoms with Crippen molar-refractivity contribution in [2.24, 2.45) is 0 Å². The van der Waals surface area contributed by atoms with Crippen LogP contribution in [0.3, 0.4) is 0 Å². The van der Waals surface area contributed by atoms with E-state index < -0.39 is 0 Å². The predicted molar refractivity (Wildman–Crippen MR) is 68.9 cm³/mol. The van der Waals surface area contributed by atoms with Crippen molar-refractivity contribution in [3.63, 3.8) is 0 Å². The van der Waals surface area contributed by atoms with Crippen molar-refractivity contribution in [3.05, 3.63) is 18.2 Å². The number of amides is 1. The SMILES string of the molecule is CC.Cc1ncc(N2CCCCCC2=O)cn1. The first-order valence-corrected chi connectivity index (χ1v) is 6.36. The van der Waals surface area contributed by atoms with Gasteiger partial charge >= 0.3 is 0 Å². The van der Waals surface area contributed by atoms with Crippen molar-refractivity contribution < 1.29 is 4.79 Å². The van der Waals surface area contributed by atoms with Crippen LogP contribution < -0.4 is 4.90 Å². The van der Waals surface area contributed by atoms with E-state index in [9.17, 15) is 4.79 Å². The number of nitrogens with zero attached hydrogens (tertiary/aromatic N) is 3. The van der Waals surface area contributed by atoms with Gasteiger partial charge in [-0.2, -0.15) is 0 Å². The highest BCUT2D eigenvalue weighted by Gasteiger charge is 2.18. The molecule has 4 heteroatoms. The first kappa shape index (κ1) is 13.6. The lowest BCUT2D eigenvalue weighted by Gasteiger charge is -2.19. The normalized spacial score (nSPS) is 15.9. The lowest BCUT2D eigenvalue weighted by atomic mass is 10.2. The van der Waals surface area contributed by atoms with Crippen LogP contribution in [-0.4, -0.2) is 22.4 Å². The molecule has 0 spiro atoms. The van der Waals surface area contributed by atoms with E-state index in [4.69, 9.17) is 0 Å². The number of rotatable bonds is 1. The van der Waals surface area contributed by atoms with Gasteiger partial charge < -0.3 is 4.90 Å². The van der Waals surface area contributed by atoms with Gasteiger partial charge in [0, 0.05) is 13.0 Å². The summed E-state index contributed by atoms with van der Waals surface area (Å²) >= 11 is 0. The molecule has 94 valence electrons. The maximum absolute atomic E-state index is 11.8. The van der Waals surface area contributed by atoms with Crippen molar-refractivity contribution in [2.45, 2.75) is 46.5 Å². The lowest BCUT2D eigenvalue weighted by molar-refractivity contribution is -0.118. The second-order valence-corrected chi connectivity index (χ2v) is 3.84. The van der Waals surface area contributed by atoms with Crippen LogP contribution in [0.4, 0.5) is 5.69 Å².